The molecule has 6 aromatic rings. The first-order valence-corrected chi connectivity index (χ1v) is 28.4. The van der Waals surface area contributed by atoms with Crippen LogP contribution in [-0.2, 0) is 19.1 Å². The van der Waals surface area contributed by atoms with Crippen LogP contribution < -0.4 is 20.3 Å². The molecule has 4 N–H and O–H groups in total. The lowest BCUT2D eigenvalue weighted by Gasteiger charge is -2.36. The van der Waals surface area contributed by atoms with Crippen molar-refractivity contribution < 1.29 is 38.5 Å². The van der Waals surface area contributed by atoms with Crippen LogP contribution in [0.5, 0.6) is 11.8 Å². The van der Waals surface area contributed by atoms with Crippen molar-refractivity contribution >= 4 is 68.2 Å². The number of nitrogens with one attached hydrogen (secondary N) is 2. The number of carbonyl (C=O) groups is 3. The minimum atomic E-state index is -0.866. The number of likely N-dealkylation sites (tertiary alicyclic amines) is 2. The van der Waals surface area contributed by atoms with E-state index in [1.165, 1.54) is 12.1 Å². The molecule has 9 rings (SSSR count). The number of fused-ring (bicyclic) bond motifs is 2. The summed E-state index contributed by atoms with van der Waals surface area (Å²) in [4.78, 5) is 62.7. The van der Waals surface area contributed by atoms with E-state index in [4.69, 9.17) is 26.1 Å². The predicted octanol–water partition coefficient (Wildman–Crippen LogP) is 9.07. The molecule has 0 spiro atoms. The number of anilines is 1. The number of halogens is 2. The van der Waals surface area contributed by atoms with Gasteiger partial charge in [0.25, 0.3) is 0 Å². The zero-order chi connectivity index (χ0) is 56.1. The maximum Gasteiger partial charge on any atom is 0.319 e. The molecule has 0 radical (unpaired) electrons. The van der Waals surface area contributed by atoms with Crippen LogP contribution in [0.1, 0.15) is 70.7 Å². The Balaban J connectivity index is 0.759. The Morgan fingerprint density at radius 2 is 1.71 bits per heavy atom. The monoisotopic (exact) mass is 1120 g/mol. The van der Waals surface area contributed by atoms with Crippen molar-refractivity contribution in [2.45, 2.75) is 84.5 Å². The fraction of sp³-hybridized carbons (Fsp3) is 0.433. The molecule has 3 amide bonds. The summed E-state index contributed by atoms with van der Waals surface area (Å²) < 4.78 is 29.2. The van der Waals surface area contributed by atoms with Crippen LogP contribution in [0, 0.1) is 24.1 Å². The van der Waals surface area contributed by atoms with E-state index in [-0.39, 0.29) is 71.4 Å². The zero-order valence-electron chi connectivity index (χ0n) is 45.6. The average molecular weight is 1120 g/mol. The molecule has 4 atom stereocenters. The minimum Gasteiger partial charge on any atom is -0.508 e. The van der Waals surface area contributed by atoms with Crippen LogP contribution in [0.3, 0.4) is 0 Å². The van der Waals surface area contributed by atoms with Gasteiger partial charge in [-0.25, -0.2) is 9.37 Å². The van der Waals surface area contributed by atoms with Crippen molar-refractivity contribution in [3.63, 3.8) is 0 Å². The summed E-state index contributed by atoms with van der Waals surface area (Å²) in [6.07, 6.45) is 3.51. The molecule has 0 bridgehead atoms. The van der Waals surface area contributed by atoms with Gasteiger partial charge in [0.05, 0.1) is 33.3 Å². The fourth-order valence-corrected chi connectivity index (χ4v) is 12.1. The molecule has 0 aliphatic carbocycles. The number of rotatable bonds is 19. The topological polar surface area (TPSA) is 186 Å². The second kappa shape index (κ2) is 24.8. The number of benzene rings is 4. The summed E-state index contributed by atoms with van der Waals surface area (Å²) in [7, 11) is 0. The molecular formula is C60H71ClFN9O7S. The minimum absolute atomic E-state index is 0.0123. The molecule has 0 unspecified atom stereocenters. The summed E-state index contributed by atoms with van der Waals surface area (Å²) in [5.41, 5.74) is 5.54. The van der Waals surface area contributed by atoms with Gasteiger partial charge in [0, 0.05) is 75.0 Å². The highest BCUT2D eigenvalue weighted by atomic mass is 35.5. The predicted molar refractivity (Wildman–Crippen MR) is 309 cm³/mol. The third-order valence-corrected chi connectivity index (χ3v) is 16.8. The number of piperidine rings is 1. The number of aromatic hydroxyl groups is 1. The quantitative estimate of drug-likeness (QED) is 0.0445. The number of phenols is 1. The molecule has 19 heteroatoms. The molecular weight excluding hydrogens is 1050 g/mol. The summed E-state index contributed by atoms with van der Waals surface area (Å²) in [6.45, 7) is 22.2. The van der Waals surface area contributed by atoms with Crippen LogP contribution in [0.4, 0.5) is 10.2 Å². The number of ether oxygens (including phenoxy) is 2. The number of hydrogen-bond acceptors (Lipinski definition) is 14. The molecule has 79 heavy (non-hydrogen) atoms. The second-order valence-corrected chi connectivity index (χ2v) is 23.3. The lowest BCUT2D eigenvalue weighted by Crippen LogP contribution is -2.57. The van der Waals surface area contributed by atoms with Crippen molar-refractivity contribution in [1.82, 2.24) is 40.3 Å². The SMILES string of the molecule is C=CC(=O)N1CCN(c2nc(OCCN3CCC(CCOCC(=O)N[C@H](C(=O)N4C[C@H](O)C[C@H]4C(=C)N[C@@H](C)c4ccc(-c5scnc5C)cc4)C(C)(C)C)CC3)nc3c(F)c(-c4cc(O)cc5ccccc45)c(Cl)cc23)CC1. The van der Waals surface area contributed by atoms with Gasteiger partial charge in [-0.2, -0.15) is 9.97 Å². The number of nitrogens with zero attached hydrogens (tertiary/aromatic N) is 7. The number of aryl methyl sites for hydroxylation is 1. The van der Waals surface area contributed by atoms with E-state index in [0.717, 1.165) is 59.4 Å². The highest BCUT2D eigenvalue weighted by Crippen LogP contribution is 2.43. The van der Waals surface area contributed by atoms with E-state index in [9.17, 15) is 24.6 Å². The van der Waals surface area contributed by atoms with Gasteiger partial charge < -0.3 is 45.0 Å². The third kappa shape index (κ3) is 13.2. The third-order valence-electron chi connectivity index (χ3n) is 15.5. The number of phenolic OH excluding ortho intramolecular Hbond substituents is 1. The number of thiazole rings is 1. The maximum absolute atomic E-state index is 17.1. The summed E-state index contributed by atoms with van der Waals surface area (Å²) in [5.74, 6) is -0.690. The number of aromatic nitrogens is 3. The molecule has 2 aromatic heterocycles. The number of amides is 3. The maximum atomic E-state index is 17.1. The van der Waals surface area contributed by atoms with Crippen molar-refractivity contribution in [3.05, 3.63) is 119 Å². The van der Waals surface area contributed by atoms with Gasteiger partial charge in [-0.3, -0.25) is 19.3 Å². The lowest BCUT2D eigenvalue weighted by atomic mass is 9.85. The Kier molecular flexibility index (Phi) is 17.9. The number of hydrogen-bond donors (Lipinski definition) is 4. The molecule has 0 saturated carbocycles. The van der Waals surface area contributed by atoms with Crippen molar-refractivity contribution in [3.8, 4) is 33.3 Å². The Labute approximate surface area is 470 Å². The molecule has 3 saturated heterocycles. The fourth-order valence-electron chi connectivity index (χ4n) is 11.0. The lowest BCUT2D eigenvalue weighted by molar-refractivity contribution is -0.141. The number of aliphatic hydroxyl groups excluding tert-OH is 1. The molecule has 418 valence electrons. The van der Waals surface area contributed by atoms with E-state index < -0.39 is 29.4 Å². The molecule has 5 heterocycles. The van der Waals surface area contributed by atoms with Crippen LogP contribution in [0.25, 0.3) is 43.2 Å². The van der Waals surface area contributed by atoms with Gasteiger partial charge >= 0.3 is 6.01 Å². The Morgan fingerprint density at radius 1 is 0.975 bits per heavy atom. The number of aliphatic hydroxyl groups is 1. The van der Waals surface area contributed by atoms with Crippen molar-refractivity contribution in [2.75, 3.05) is 77.1 Å². The molecule has 3 aliphatic heterocycles. The van der Waals surface area contributed by atoms with Gasteiger partial charge in [0.1, 0.15) is 36.3 Å². The van der Waals surface area contributed by atoms with E-state index in [0.29, 0.717) is 79.5 Å². The number of piperazine rings is 1. The molecule has 3 aliphatic rings. The van der Waals surface area contributed by atoms with Gasteiger partial charge in [-0.05, 0) is 109 Å². The van der Waals surface area contributed by atoms with Gasteiger partial charge in [-0.15, -0.1) is 11.3 Å². The van der Waals surface area contributed by atoms with Gasteiger partial charge in [-0.1, -0.05) is 94.1 Å². The van der Waals surface area contributed by atoms with E-state index >= 15 is 4.39 Å². The summed E-state index contributed by atoms with van der Waals surface area (Å²) >= 11 is 8.53. The van der Waals surface area contributed by atoms with Crippen LogP contribution >= 0.6 is 22.9 Å². The zero-order valence-corrected chi connectivity index (χ0v) is 47.2. The van der Waals surface area contributed by atoms with E-state index in [2.05, 4.69) is 62.9 Å². The highest BCUT2D eigenvalue weighted by Gasteiger charge is 2.43. The largest absolute Gasteiger partial charge is 0.508 e. The van der Waals surface area contributed by atoms with Crippen LogP contribution in [0.15, 0.2) is 97.2 Å². The number of β-amino-alcohol motifs (C(OH)–C–C–N with tert-alkyl or cyclic N) is 1. The normalized spacial score (nSPS) is 18.2. The Bertz CT molecular complexity index is 3210. The standard InChI is InChI=1S/C60H71ClFN9O7S/c1-8-51(75)69-22-24-70(25-23-69)57-47-32-48(61)52(46-30-43(72)29-42-11-9-10-12-45(42)46)53(62)54(47)66-59(67-57)78-28-26-68-20-17-39(18-21-68)19-27-77-34-50(74)65-56(60(5,6)7)58(76)71-33-44(73)31-49(71)37(3)64-36(2)40-13-15-41(16-14-40)55-38(4)63-35-79-55/h8-16,29-30,32,35-36,39,44,49,56,64,72-73H,1,3,17-28,31,33-34H2,2,4-7H3,(H,65,74)/t36-,44+,49-,56+/m0/s1. The second-order valence-electron chi connectivity index (χ2n) is 22.0. The van der Waals surface area contributed by atoms with E-state index in [1.807, 2.05) is 69.3 Å². The summed E-state index contributed by atoms with van der Waals surface area (Å²) in [5, 5.41) is 29.9. The van der Waals surface area contributed by atoms with Crippen molar-refractivity contribution in [1.29, 1.82) is 0 Å². The molecule has 16 nitrogen and oxygen atoms in total. The highest BCUT2D eigenvalue weighted by molar-refractivity contribution is 7.13. The van der Waals surface area contributed by atoms with Crippen LogP contribution in [0.2, 0.25) is 5.02 Å². The first-order valence-electron chi connectivity index (χ1n) is 27.1. The molecule has 4 aromatic carbocycles. The molecule has 3 fully saturated rings. The van der Waals surface area contributed by atoms with Gasteiger partial charge in [0.15, 0.2) is 5.82 Å². The van der Waals surface area contributed by atoms with Gasteiger partial charge in [0.2, 0.25) is 17.7 Å². The smallest absolute Gasteiger partial charge is 0.319 e. The van der Waals surface area contributed by atoms with Crippen LogP contribution in [-0.4, -0.2) is 148 Å². The Hall–Kier alpha value is -6.70. The first kappa shape index (κ1) is 57.0. The first-order chi connectivity index (χ1) is 37.9. The number of carbonyl (C=O) groups excluding carboxylic acids is 3. The average Bonchev–Trinajstić information content (AvgIpc) is 4.24. The summed E-state index contributed by atoms with van der Waals surface area (Å²) in [6, 6.07) is 19.0. The van der Waals surface area contributed by atoms with E-state index in [1.54, 1.807) is 33.3 Å². The Morgan fingerprint density at radius 3 is 2.41 bits per heavy atom. The van der Waals surface area contributed by atoms with Crippen molar-refractivity contribution in [2.24, 2.45) is 11.3 Å².